The Morgan fingerprint density at radius 1 is 1.28 bits per heavy atom. The van der Waals surface area contributed by atoms with Crippen molar-refractivity contribution in [1.82, 2.24) is 9.88 Å². The Bertz CT molecular complexity index is 974. The van der Waals surface area contributed by atoms with Crippen LogP contribution in [-0.4, -0.2) is 35.1 Å². The molecule has 0 bridgehead atoms. The molecule has 1 N–H and O–H groups in total. The second-order valence-electron chi connectivity index (χ2n) is 5.59. The van der Waals surface area contributed by atoms with Crippen LogP contribution in [0.25, 0.3) is 0 Å². The molecule has 0 aliphatic heterocycles. The molecule has 1 amide bonds. The van der Waals surface area contributed by atoms with E-state index in [1.165, 1.54) is 24.3 Å². The third kappa shape index (κ3) is 5.82. The molecule has 1 aromatic heterocycles. The average Bonchev–Trinajstić information content (AvgIpc) is 2.67. The molecule has 0 aliphatic carbocycles. The van der Waals surface area contributed by atoms with Gasteiger partial charge in [-0.05, 0) is 17.7 Å². The molecule has 154 valence electrons. The summed E-state index contributed by atoms with van der Waals surface area (Å²) in [5.41, 5.74) is -1.65. The Kier molecular flexibility index (Phi) is 6.95. The van der Waals surface area contributed by atoms with Crippen molar-refractivity contribution in [3.8, 4) is 5.75 Å². The lowest BCUT2D eigenvalue weighted by Crippen LogP contribution is -2.33. The smallest absolute Gasteiger partial charge is 0.387 e. The second-order valence-corrected chi connectivity index (χ2v) is 5.59. The Morgan fingerprint density at radius 2 is 1.93 bits per heavy atom. The molecule has 0 spiro atoms. The zero-order valence-corrected chi connectivity index (χ0v) is 15.0. The summed E-state index contributed by atoms with van der Waals surface area (Å²) in [7, 11) is 1.06. The van der Waals surface area contributed by atoms with E-state index in [0.717, 1.165) is 23.9 Å². The van der Waals surface area contributed by atoms with Crippen LogP contribution in [0.5, 0.6) is 5.75 Å². The molecular weight excluding hydrogens is 396 g/mol. The number of alkyl halides is 2. The van der Waals surface area contributed by atoms with Crippen LogP contribution < -0.4 is 15.6 Å². The van der Waals surface area contributed by atoms with Crippen LogP contribution in [0.2, 0.25) is 0 Å². The molecule has 0 saturated heterocycles. The van der Waals surface area contributed by atoms with Crippen molar-refractivity contribution in [1.29, 1.82) is 0 Å². The minimum Gasteiger partial charge on any atom is -0.465 e. The monoisotopic (exact) mass is 411 g/mol. The van der Waals surface area contributed by atoms with Gasteiger partial charge in [-0.15, -0.1) is 0 Å². The lowest BCUT2D eigenvalue weighted by molar-refractivity contribution is -0.386. The largest absolute Gasteiger partial charge is 0.465 e. The van der Waals surface area contributed by atoms with E-state index < -0.39 is 41.2 Å². The molecule has 2 rings (SSSR count). The van der Waals surface area contributed by atoms with E-state index in [4.69, 9.17) is 0 Å². The SMILES string of the molecule is COC(=O)c1cc([N+](=O)[O-])c(=O)n(CC(=O)NCc2ccc(OC(F)F)cc2)c1. The quantitative estimate of drug-likeness (QED) is 0.395. The van der Waals surface area contributed by atoms with E-state index in [0.29, 0.717) is 5.56 Å². The number of nitrogens with one attached hydrogen (secondary N) is 1. The van der Waals surface area contributed by atoms with Crippen LogP contribution in [0.1, 0.15) is 15.9 Å². The number of halogens is 2. The van der Waals surface area contributed by atoms with Crippen LogP contribution >= 0.6 is 0 Å². The summed E-state index contributed by atoms with van der Waals surface area (Å²) in [6.45, 7) is -3.54. The zero-order valence-electron chi connectivity index (χ0n) is 15.0. The highest BCUT2D eigenvalue weighted by Gasteiger charge is 2.21. The fourth-order valence-electron chi connectivity index (χ4n) is 2.30. The number of carbonyl (C=O) groups is 2. The van der Waals surface area contributed by atoms with Crippen molar-refractivity contribution >= 4 is 17.6 Å². The fraction of sp³-hybridized carbons (Fsp3) is 0.235. The van der Waals surface area contributed by atoms with Crippen LogP contribution in [0, 0.1) is 10.1 Å². The highest BCUT2D eigenvalue weighted by Crippen LogP contribution is 2.15. The first-order chi connectivity index (χ1) is 13.7. The number of ether oxygens (including phenoxy) is 2. The molecule has 1 heterocycles. The van der Waals surface area contributed by atoms with Crippen molar-refractivity contribution in [2.45, 2.75) is 19.7 Å². The van der Waals surface area contributed by atoms with Gasteiger partial charge in [0.1, 0.15) is 12.3 Å². The molecule has 10 nitrogen and oxygen atoms in total. The Hall–Kier alpha value is -3.83. The zero-order chi connectivity index (χ0) is 21.6. The van der Waals surface area contributed by atoms with Crippen molar-refractivity contribution in [3.05, 3.63) is 68.1 Å². The van der Waals surface area contributed by atoms with Gasteiger partial charge >= 0.3 is 23.8 Å². The van der Waals surface area contributed by atoms with Gasteiger partial charge in [-0.1, -0.05) is 12.1 Å². The molecule has 0 saturated carbocycles. The summed E-state index contributed by atoms with van der Waals surface area (Å²) < 4.78 is 33.6. The average molecular weight is 411 g/mol. The minimum atomic E-state index is -2.95. The summed E-state index contributed by atoms with van der Waals surface area (Å²) in [6.07, 6.45) is 0.983. The van der Waals surface area contributed by atoms with E-state index in [2.05, 4.69) is 14.8 Å². The van der Waals surface area contributed by atoms with Crippen molar-refractivity contribution < 1.29 is 32.8 Å². The summed E-state index contributed by atoms with van der Waals surface area (Å²) >= 11 is 0. The van der Waals surface area contributed by atoms with E-state index in [1.54, 1.807) is 0 Å². The third-order valence-electron chi connectivity index (χ3n) is 3.64. The Labute approximate surface area is 161 Å². The standard InChI is InChI=1S/C17H15F2N3O7/c1-28-16(25)11-6-13(22(26)27)15(24)21(8-11)9-14(23)20-7-10-2-4-12(5-3-10)29-17(18)19/h2-6,8,17H,7,9H2,1H3,(H,20,23). The minimum absolute atomic E-state index is 0.00132. The number of amides is 1. The predicted molar refractivity (Wildman–Crippen MR) is 93.6 cm³/mol. The van der Waals surface area contributed by atoms with E-state index in [-0.39, 0.29) is 17.9 Å². The fourth-order valence-corrected chi connectivity index (χ4v) is 2.30. The van der Waals surface area contributed by atoms with Crippen molar-refractivity contribution in [2.75, 3.05) is 7.11 Å². The van der Waals surface area contributed by atoms with Crippen molar-refractivity contribution in [2.24, 2.45) is 0 Å². The Morgan fingerprint density at radius 3 is 2.48 bits per heavy atom. The number of hydrogen-bond donors (Lipinski definition) is 1. The normalized spacial score (nSPS) is 10.5. The van der Waals surface area contributed by atoms with Gasteiger partial charge in [0.25, 0.3) is 0 Å². The molecule has 2 aromatic rings. The first-order valence-corrected chi connectivity index (χ1v) is 7.99. The van der Waals surface area contributed by atoms with Crippen LogP contribution in [0.4, 0.5) is 14.5 Å². The predicted octanol–water partition coefficient (Wildman–Crippen LogP) is 1.46. The lowest BCUT2D eigenvalue weighted by Gasteiger charge is -2.10. The number of hydrogen-bond acceptors (Lipinski definition) is 7. The number of rotatable bonds is 8. The maximum absolute atomic E-state index is 12.1. The number of esters is 1. The number of benzene rings is 1. The molecule has 12 heteroatoms. The van der Waals surface area contributed by atoms with Gasteiger partial charge in [0.05, 0.1) is 17.6 Å². The first-order valence-electron chi connectivity index (χ1n) is 7.99. The molecule has 0 unspecified atom stereocenters. The number of nitro groups is 1. The molecule has 29 heavy (non-hydrogen) atoms. The highest BCUT2D eigenvalue weighted by molar-refractivity contribution is 5.89. The van der Waals surface area contributed by atoms with Crippen LogP contribution in [-0.2, 0) is 22.6 Å². The summed E-state index contributed by atoms with van der Waals surface area (Å²) in [4.78, 5) is 45.9. The first kappa shape index (κ1) is 21.5. The lowest BCUT2D eigenvalue weighted by atomic mass is 10.2. The van der Waals surface area contributed by atoms with Gasteiger partial charge in [-0.2, -0.15) is 8.78 Å². The van der Waals surface area contributed by atoms with E-state index in [9.17, 15) is 33.3 Å². The number of aromatic nitrogens is 1. The second kappa shape index (κ2) is 9.39. The summed E-state index contributed by atoms with van der Waals surface area (Å²) in [6, 6.07) is 6.26. The third-order valence-corrected chi connectivity index (χ3v) is 3.64. The Balaban J connectivity index is 2.10. The maximum Gasteiger partial charge on any atom is 0.387 e. The van der Waals surface area contributed by atoms with Crippen LogP contribution in [0.3, 0.4) is 0 Å². The summed E-state index contributed by atoms with van der Waals surface area (Å²) in [5.74, 6) is -1.63. The molecule has 0 fully saturated rings. The van der Waals surface area contributed by atoms with Crippen LogP contribution in [0.15, 0.2) is 41.3 Å². The van der Waals surface area contributed by atoms with Gasteiger partial charge in [-0.3, -0.25) is 24.3 Å². The molecule has 1 aromatic carbocycles. The number of pyridine rings is 1. The maximum atomic E-state index is 12.1. The molecular formula is C17H15F2N3O7. The van der Waals surface area contributed by atoms with Gasteiger partial charge in [0, 0.05) is 18.8 Å². The highest BCUT2D eigenvalue weighted by atomic mass is 19.3. The number of carbonyl (C=O) groups excluding carboxylic acids is 2. The van der Waals surface area contributed by atoms with E-state index in [1.807, 2.05) is 0 Å². The van der Waals surface area contributed by atoms with E-state index >= 15 is 0 Å². The number of methoxy groups -OCH3 is 1. The molecule has 0 atom stereocenters. The van der Waals surface area contributed by atoms with Crippen molar-refractivity contribution in [3.63, 3.8) is 0 Å². The topological polar surface area (TPSA) is 130 Å². The number of nitrogens with zero attached hydrogens (tertiary/aromatic N) is 2. The van der Waals surface area contributed by atoms with Gasteiger partial charge < -0.3 is 14.8 Å². The molecule has 0 radical (unpaired) electrons. The van der Waals surface area contributed by atoms with Gasteiger partial charge in [0.2, 0.25) is 5.91 Å². The van der Waals surface area contributed by atoms with Gasteiger partial charge in [-0.25, -0.2) is 4.79 Å². The van der Waals surface area contributed by atoms with Gasteiger partial charge in [0.15, 0.2) is 0 Å². The molecule has 0 aliphatic rings. The summed E-state index contributed by atoms with van der Waals surface area (Å²) in [5, 5.41) is 13.5.